The zero-order valence-corrected chi connectivity index (χ0v) is 21.3. The number of halogens is 3. The van der Waals surface area contributed by atoms with Gasteiger partial charge < -0.3 is 10.4 Å². The number of phenolic OH excluding ortho intramolecular Hbond substituents is 1. The summed E-state index contributed by atoms with van der Waals surface area (Å²) >= 11 is 10.4. The molecule has 0 unspecified atom stereocenters. The third-order valence-corrected chi connectivity index (χ3v) is 6.67. The molecule has 0 fully saturated rings. The lowest BCUT2D eigenvalue weighted by Crippen LogP contribution is -2.14. The molecule has 0 saturated heterocycles. The second-order valence-corrected chi connectivity index (χ2v) is 9.82. The van der Waals surface area contributed by atoms with E-state index in [1.54, 1.807) is 18.2 Å². The summed E-state index contributed by atoms with van der Waals surface area (Å²) in [5, 5.41) is 22.2. The van der Waals surface area contributed by atoms with Crippen molar-refractivity contribution in [2.75, 3.05) is 11.1 Å². The molecule has 0 aliphatic carbocycles. The maximum atomic E-state index is 13.4. The van der Waals surface area contributed by atoms with Crippen molar-refractivity contribution in [2.24, 2.45) is 0 Å². The van der Waals surface area contributed by atoms with E-state index < -0.39 is 5.82 Å². The summed E-state index contributed by atoms with van der Waals surface area (Å²) in [6.07, 6.45) is 0. The summed E-state index contributed by atoms with van der Waals surface area (Å²) in [5.41, 5.74) is 3.82. The van der Waals surface area contributed by atoms with Crippen molar-refractivity contribution in [2.45, 2.75) is 19.0 Å². The molecule has 3 aromatic carbocycles. The number of anilines is 1. The van der Waals surface area contributed by atoms with Crippen LogP contribution < -0.4 is 5.32 Å². The van der Waals surface area contributed by atoms with Crippen LogP contribution in [-0.4, -0.2) is 31.5 Å². The Morgan fingerprint density at radius 2 is 1.94 bits per heavy atom. The second kappa shape index (κ2) is 10.2. The van der Waals surface area contributed by atoms with Gasteiger partial charge in [-0.2, -0.15) is 0 Å². The van der Waals surface area contributed by atoms with Crippen molar-refractivity contribution < 1.29 is 14.3 Å². The van der Waals surface area contributed by atoms with Crippen molar-refractivity contribution in [3.63, 3.8) is 0 Å². The Morgan fingerprint density at radius 3 is 2.68 bits per heavy atom. The summed E-state index contributed by atoms with van der Waals surface area (Å²) in [4.78, 5) is 12.5. The highest BCUT2D eigenvalue weighted by atomic mass is 79.9. The monoisotopic (exact) mass is 560 g/mol. The fourth-order valence-electron chi connectivity index (χ4n) is 3.40. The number of nitrogens with one attached hydrogen (secondary N) is 1. The summed E-state index contributed by atoms with van der Waals surface area (Å²) in [5.74, 6) is -0.334. The van der Waals surface area contributed by atoms with E-state index in [2.05, 4.69) is 31.4 Å². The normalized spacial score (nSPS) is 11.0. The van der Waals surface area contributed by atoms with E-state index in [0.717, 1.165) is 21.3 Å². The zero-order valence-electron chi connectivity index (χ0n) is 18.1. The number of hydrogen-bond acceptors (Lipinski definition) is 5. The molecule has 1 amide bonds. The molecule has 0 atom stereocenters. The zero-order chi connectivity index (χ0) is 24.4. The Hall–Kier alpha value is -2.88. The van der Waals surface area contributed by atoms with Crippen molar-refractivity contribution >= 4 is 50.9 Å². The van der Waals surface area contributed by atoms with Gasteiger partial charge in [-0.3, -0.25) is 9.36 Å². The first kappa shape index (κ1) is 24.3. The number of phenols is 1. The molecule has 10 heteroatoms. The van der Waals surface area contributed by atoms with Gasteiger partial charge >= 0.3 is 0 Å². The smallest absolute Gasteiger partial charge is 0.234 e. The lowest BCUT2D eigenvalue weighted by atomic mass is 10.1. The molecule has 0 bridgehead atoms. The van der Waals surface area contributed by atoms with E-state index in [4.69, 9.17) is 11.6 Å². The van der Waals surface area contributed by atoms with Gasteiger partial charge in [0.2, 0.25) is 5.91 Å². The largest absolute Gasteiger partial charge is 0.507 e. The molecule has 2 N–H and O–H groups in total. The van der Waals surface area contributed by atoms with Crippen molar-refractivity contribution in [3.8, 4) is 22.8 Å². The van der Waals surface area contributed by atoms with Crippen LogP contribution in [0.15, 0.2) is 64.2 Å². The number of aryl methyl sites for hydroxylation is 2. The van der Waals surface area contributed by atoms with Gasteiger partial charge in [-0.25, -0.2) is 4.39 Å². The van der Waals surface area contributed by atoms with Crippen molar-refractivity contribution in [1.82, 2.24) is 14.8 Å². The predicted octanol–water partition coefficient (Wildman–Crippen LogP) is 6.54. The Balaban J connectivity index is 1.67. The lowest BCUT2D eigenvalue weighted by molar-refractivity contribution is -0.113. The molecule has 6 nitrogen and oxygen atoms in total. The molecule has 0 spiro atoms. The number of carbonyl (C=O) groups excluding carboxylic acids is 1. The molecule has 1 heterocycles. The second-order valence-electron chi connectivity index (χ2n) is 7.56. The standard InChI is InChI=1S/C24H19BrClFN4O2S/c1-13-3-7-20(14(2)9-13)31-23(17-10-15(25)4-8-21(17)32)29-30-24(31)34-12-22(33)28-16-5-6-19(27)18(26)11-16/h3-11,32H,12H2,1-2H3,(H,28,33). The molecule has 174 valence electrons. The first-order valence-electron chi connectivity index (χ1n) is 10.1. The van der Waals surface area contributed by atoms with Gasteiger partial charge in [0.25, 0.3) is 0 Å². The van der Waals surface area contributed by atoms with Crippen LogP contribution in [0.4, 0.5) is 10.1 Å². The minimum Gasteiger partial charge on any atom is -0.507 e. The van der Waals surface area contributed by atoms with Crippen LogP contribution in [0.1, 0.15) is 11.1 Å². The highest BCUT2D eigenvalue weighted by molar-refractivity contribution is 9.10. The molecule has 0 radical (unpaired) electrons. The highest BCUT2D eigenvalue weighted by Gasteiger charge is 2.21. The third kappa shape index (κ3) is 5.27. The van der Waals surface area contributed by atoms with Crippen molar-refractivity contribution in [3.05, 3.63) is 81.0 Å². The number of carbonyl (C=O) groups is 1. The molecular formula is C24H19BrClFN4O2S. The van der Waals surface area contributed by atoms with Crippen LogP contribution in [0, 0.1) is 19.7 Å². The summed E-state index contributed by atoms with van der Waals surface area (Å²) in [7, 11) is 0. The van der Waals surface area contributed by atoms with Crippen molar-refractivity contribution in [1.29, 1.82) is 0 Å². The molecule has 4 rings (SSSR count). The lowest BCUT2D eigenvalue weighted by Gasteiger charge is -2.14. The van der Waals surface area contributed by atoms with Gasteiger partial charge in [0.05, 0.1) is 22.0 Å². The van der Waals surface area contributed by atoms with Gasteiger partial charge in [-0.1, -0.05) is 57.0 Å². The molecule has 0 saturated carbocycles. The molecule has 0 aliphatic heterocycles. The number of benzene rings is 3. The fraction of sp³-hybridized carbons (Fsp3) is 0.125. The minimum atomic E-state index is -0.557. The van der Waals surface area contributed by atoms with Crippen LogP contribution in [0.2, 0.25) is 5.02 Å². The van der Waals surface area contributed by atoms with Gasteiger partial charge in [-0.15, -0.1) is 10.2 Å². The van der Waals surface area contributed by atoms with E-state index in [0.29, 0.717) is 22.2 Å². The number of aromatic nitrogens is 3. The van der Waals surface area contributed by atoms with E-state index >= 15 is 0 Å². The average molecular weight is 562 g/mol. The Morgan fingerprint density at radius 1 is 1.15 bits per heavy atom. The first-order valence-corrected chi connectivity index (χ1v) is 12.3. The number of thioether (sulfide) groups is 1. The van der Waals surface area contributed by atoms with E-state index in [-0.39, 0.29) is 22.4 Å². The number of rotatable bonds is 6. The topological polar surface area (TPSA) is 80.0 Å². The van der Waals surface area contributed by atoms with Crippen LogP contribution in [0.25, 0.3) is 17.1 Å². The fourth-order valence-corrected chi connectivity index (χ4v) is 4.69. The summed E-state index contributed by atoms with van der Waals surface area (Å²) < 4.78 is 16.0. The average Bonchev–Trinajstić information content (AvgIpc) is 3.20. The highest BCUT2D eigenvalue weighted by Crippen LogP contribution is 2.35. The molecule has 34 heavy (non-hydrogen) atoms. The Bertz CT molecular complexity index is 1400. The molecule has 4 aromatic rings. The molecular weight excluding hydrogens is 543 g/mol. The van der Waals surface area contributed by atoms with E-state index in [1.165, 1.54) is 30.0 Å². The van der Waals surface area contributed by atoms with Crippen LogP contribution >= 0.6 is 39.3 Å². The van der Waals surface area contributed by atoms with E-state index in [9.17, 15) is 14.3 Å². The Kier molecular flexibility index (Phi) is 7.25. The number of nitrogens with zero attached hydrogens (tertiary/aromatic N) is 3. The quantitative estimate of drug-likeness (QED) is 0.261. The van der Waals surface area contributed by atoms with Gasteiger partial charge in [-0.05, 0) is 61.9 Å². The predicted molar refractivity (Wildman–Crippen MR) is 136 cm³/mol. The summed E-state index contributed by atoms with van der Waals surface area (Å²) in [6, 6.07) is 15.0. The summed E-state index contributed by atoms with van der Waals surface area (Å²) in [6.45, 7) is 3.98. The third-order valence-electron chi connectivity index (χ3n) is 4.96. The Labute approximate surface area is 213 Å². The molecule has 1 aromatic heterocycles. The molecule has 0 aliphatic rings. The number of hydrogen-bond donors (Lipinski definition) is 2. The van der Waals surface area contributed by atoms with Crippen LogP contribution in [-0.2, 0) is 4.79 Å². The van der Waals surface area contributed by atoms with E-state index in [1.807, 2.05) is 36.6 Å². The minimum absolute atomic E-state index is 0.0303. The van der Waals surface area contributed by atoms with Gasteiger partial charge in [0.15, 0.2) is 11.0 Å². The maximum Gasteiger partial charge on any atom is 0.234 e. The first-order chi connectivity index (χ1) is 16.2. The number of aromatic hydroxyl groups is 1. The van der Waals surface area contributed by atoms with Gasteiger partial charge in [0, 0.05) is 10.2 Å². The van der Waals surface area contributed by atoms with Crippen LogP contribution in [0.5, 0.6) is 5.75 Å². The van der Waals surface area contributed by atoms with Crippen LogP contribution in [0.3, 0.4) is 0 Å². The SMILES string of the molecule is Cc1ccc(-n2c(SCC(=O)Nc3ccc(F)c(Cl)c3)nnc2-c2cc(Br)ccc2O)c(C)c1. The maximum absolute atomic E-state index is 13.4. The number of amides is 1. The van der Waals surface area contributed by atoms with Gasteiger partial charge in [0.1, 0.15) is 11.6 Å².